The van der Waals surface area contributed by atoms with Crippen molar-refractivity contribution in [3.63, 3.8) is 0 Å². The molecule has 0 spiro atoms. The number of piperidine rings is 1. The predicted molar refractivity (Wildman–Crippen MR) is 141 cm³/mol. The summed E-state index contributed by atoms with van der Waals surface area (Å²) in [5.41, 5.74) is 1.55. The van der Waals surface area contributed by atoms with E-state index in [0.29, 0.717) is 37.2 Å². The van der Waals surface area contributed by atoms with Gasteiger partial charge in [-0.15, -0.1) is 0 Å². The van der Waals surface area contributed by atoms with E-state index >= 15 is 0 Å². The molecule has 0 bridgehead atoms. The van der Waals surface area contributed by atoms with Gasteiger partial charge < -0.3 is 15.4 Å². The standard InChI is InChI=1S/C27H37N7O3/c35-19-34(23-6-2-3-7-23)25-21(16-20-10-11-28-26(20)36)17-30-27(32-25)31-22-8-9-24(29-18-22)37-15-14-33-12-4-1-5-13-33/h8-9,17-20,23H,1-7,10-16H2,(H,28,36)(H,30,31,32)/t20-/m0/s1. The van der Waals surface area contributed by atoms with Gasteiger partial charge in [0.15, 0.2) is 0 Å². The molecule has 2 saturated heterocycles. The molecule has 37 heavy (non-hydrogen) atoms. The molecule has 2 N–H and O–H groups in total. The number of hydrogen-bond donors (Lipinski definition) is 2. The number of nitrogens with one attached hydrogen (secondary N) is 2. The highest BCUT2D eigenvalue weighted by atomic mass is 16.5. The number of carbonyl (C=O) groups excluding carboxylic acids is 2. The molecule has 2 aliphatic heterocycles. The Morgan fingerprint density at radius 3 is 2.62 bits per heavy atom. The van der Waals surface area contributed by atoms with Crippen LogP contribution in [0, 0.1) is 5.92 Å². The number of anilines is 3. The van der Waals surface area contributed by atoms with Crippen molar-refractivity contribution in [2.75, 3.05) is 43.0 Å². The molecule has 1 saturated carbocycles. The number of ether oxygens (including phenoxy) is 1. The summed E-state index contributed by atoms with van der Waals surface area (Å²) in [7, 11) is 0. The van der Waals surface area contributed by atoms with E-state index in [1.54, 1.807) is 17.3 Å². The van der Waals surface area contributed by atoms with Crippen molar-refractivity contribution in [1.29, 1.82) is 0 Å². The van der Waals surface area contributed by atoms with Crippen LogP contribution in [-0.4, -0.2) is 71.0 Å². The first-order valence-electron chi connectivity index (χ1n) is 13.6. The molecule has 10 heteroatoms. The van der Waals surface area contributed by atoms with Crippen LogP contribution in [0.2, 0.25) is 0 Å². The van der Waals surface area contributed by atoms with Crippen LogP contribution in [0.1, 0.15) is 56.9 Å². The van der Waals surface area contributed by atoms with Crippen LogP contribution < -0.4 is 20.3 Å². The summed E-state index contributed by atoms with van der Waals surface area (Å²) in [5.74, 6) is 1.49. The summed E-state index contributed by atoms with van der Waals surface area (Å²) in [4.78, 5) is 42.2. The minimum Gasteiger partial charge on any atom is -0.476 e. The predicted octanol–water partition coefficient (Wildman–Crippen LogP) is 3.06. The molecule has 3 fully saturated rings. The van der Waals surface area contributed by atoms with Gasteiger partial charge >= 0.3 is 0 Å². The van der Waals surface area contributed by atoms with Crippen molar-refractivity contribution in [3.05, 3.63) is 30.1 Å². The smallest absolute Gasteiger partial charge is 0.229 e. The summed E-state index contributed by atoms with van der Waals surface area (Å²) in [6, 6.07) is 3.85. The average Bonchev–Trinajstić information content (AvgIpc) is 3.60. The fourth-order valence-corrected chi connectivity index (χ4v) is 5.55. The number of amides is 2. The molecule has 3 aliphatic rings. The topological polar surface area (TPSA) is 113 Å². The van der Waals surface area contributed by atoms with E-state index < -0.39 is 0 Å². The second kappa shape index (κ2) is 12.3. The van der Waals surface area contributed by atoms with Gasteiger partial charge in [-0.1, -0.05) is 19.3 Å². The first kappa shape index (κ1) is 25.4. The Labute approximate surface area is 218 Å². The summed E-state index contributed by atoms with van der Waals surface area (Å²) < 4.78 is 5.83. The Hall–Kier alpha value is -3.27. The maximum atomic E-state index is 12.2. The van der Waals surface area contributed by atoms with E-state index in [1.807, 2.05) is 12.1 Å². The maximum Gasteiger partial charge on any atom is 0.229 e. The molecule has 4 heterocycles. The molecule has 10 nitrogen and oxygen atoms in total. The average molecular weight is 508 g/mol. The molecule has 0 aromatic carbocycles. The van der Waals surface area contributed by atoms with E-state index in [9.17, 15) is 9.59 Å². The van der Waals surface area contributed by atoms with Gasteiger partial charge in [-0.2, -0.15) is 4.98 Å². The fraction of sp³-hybridized carbons (Fsp3) is 0.593. The molecule has 2 aromatic rings. The lowest BCUT2D eigenvalue weighted by Gasteiger charge is -2.26. The van der Waals surface area contributed by atoms with Crippen molar-refractivity contribution < 1.29 is 14.3 Å². The third kappa shape index (κ3) is 6.54. The summed E-state index contributed by atoms with van der Waals surface area (Å²) >= 11 is 0. The molecule has 2 amide bonds. The number of likely N-dealkylation sites (tertiary alicyclic amines) is 1. The minimum absolute atomic E-state index is 0.0518. The van der Waals surface area contributed by atoms with Crippen molar-refractivity contribution in [3.8, 4) is 5.88 Å². The fourth-order valence-electron chi connectivity index (χ4n) is 5.55. The molecular formula is C27H37N7O3. The van der Waals surface area contributed by atoms with Crippen molar-refractivity contribution >= 4 is 29.8 Å². The Morgan fingerprint density at radius 1 is 1.08 bits per heavy atom. The normalized spacial score (nSPS) is 20.5. The number of hydrogen-bond acceptors (Lipinski definition) is 8. The van der Waals surface area contributed by atoms with Crippen molar-refractivity contribution in [1.82, 2.24) is 25.2 Å². The van der Waals surface area contributed by atoms with Crippen LogP contribution in [0.3, 0.4) is 0 Å². The second-order valence-electron chi connectivity index (χ2n) is 10.2. The number of aromatic nitrogens is 3. The monoisotopic (exact) mass is 507 g/mol. The Bertz CT molecular complexity index is 1050. The third-order valence-corrected chi connectivity index (χ3v) is 7.65. The first-order valence-corrected chi connectivity index (χ1v) is 13.6. The lowest BCUT2D eigenvalue weighted by atomic mass is 9.99. The van der Waals surface area contributed by atoms with Gasteiger partial charge in [0.2, 0.25) is 24.1 Å². The minimum atomic E-state index is -0.120. The Balaban J connectivity index is 1.26. The third-order valence-electron chi connectivity index (χ3n) is 7.65. The number of carbonyl (C=O) groups is 2. The quantitative estimate of drug-likeness (QED) is 0.446. The van der Waals surface area contributed by atoms with Gasteiger partial charge in [-0.25, -0.2) is 9.97 Å². The largest absolute Gasteiger partial charge is 0.476 e. The zero-order valence-electron chi connectivity index (χ0n) is 21.4. The van der Waals surface area contributed by atoms with Gasteiger partial charge in [-0.05, 0) is 57.7 Å². The molecule has 2 aromatic heterocycles. The van der Waals surface area contributed by atoms with Gasteiger partial charge in [0, 0.05) is 42.9 Å². The van der Waals surface area contributed by atoms with Crippen LogP contribution in [0.15, 0.2) is 24.5 Å². The van der Waals surface area contributed by atoms with Gasteiger partial charge in [0.25, 0.3) is 0 Å². The molecule has 0 unspecified atom stereocenters. The van der Waals surface area contributed by atoms with E-state index in [4.69, 9.17) is 9.72 Å². The maximum absolute atomic E-state index is 12.2. The lowest BCUT2D eigenvalue weighted by molar-refractivity contribution is -0.122. The van der Waals surface area contributed by atoms with Gasteiger partial charge in [0.1, 0.15) is 12.4 Å². The first-order chi connectivity index (χ1) is 18.2. The number of nitrogens with zero attached hydrogens (tertiary/aromatic N) is 5. The van der Waals surface area contributed by atoms with Crippen LogP contribution in [0.25, 0.3) is 0 Å². The van der Waals surface area contributed by atoms with Crippen LogP contribution in [0.4, 0.5) is 17.5 Å². The Morgan fingerprint density at radius 2 is 1.92 bits per heavy atom. The van der Waals surface area contributed by atoms with Gasteiger partial charge in [0.05, 0.1) is 11.9 Å². The molecule has 5 rings (SSSR count). The van der Waals surface area contributed by atoms with Crippen LogP contribution in [-0.2, 0) is 16.0 Å². The molecule has 1 atom stereocenters. The van der Waals surface area contributed by atoms with Crippen LogP contribution in [0.5, 0.6) is 5.88 Å². The van der Waals surface area contributed by atoms with E-state index in [0.717, 1.165) is 69.4 Å². The molecule has 0 radical (unpaired) electrons. The highest BCUT2D eigenvalue weighted by Gasteiger charge is 2.30. The van der Waals surface area contributed by atoms with Crippen molar-refractivity contribution in [2.45, 2.75) is 63.8 Å². The van der Waals surface area contributed by atoms with E-state index in [-0.39, 0.29) is 17.9 Å². The zero-order chi connectivity index (χ0) is 25.5. The van der Waals surface area contributed by atoms with E-state index in [2.05, 4.69) is 25.5 Å². The number of rotatable bonds is 11. The summed E-state index contributed by atoms with van der Waals surface area (Å²) in [6.45, 7) is 4.52. The zero-order valence-corrected chi connectivity index (χ0v) is 21.4. The van der Waals surface area contributed by atoms with Crippen molar-refractivity contribution in [2.24, 2.45) is 5.92 Å². The summed E-state index contributed by atoms with van der Waals surface area (Å²) in [6.07, 6.45) is 13.6. The highest BCUT2D eigenvalue weighted by Crippen LogP contribution is 2.31. The molecule has 198 valence electrons. The molecular weight excluding hydrogens is 470 g/mol. The number of pyridine rings is 1. The van der Waals surface area contributed by atoms with Gasteiger partial charge in [-0.3, -0.25) is 19.4 Å². The SMILES string of the molecule is O=CN(c1nc(Nc2ccc(OCCN3CCCCC3)nc2)ncc1C[C@@H]1CCNC1=O)C1CCCC1. The van der Waals surface area contributed by atoms with Crippen LogP contribution >= 0.6 is 0 Å². The summed E-state index contributed by atoms with van der Waals surface area (Å²) in [5, 5.41) is 6.10. The lowest BCUT2D eigenvalue weighted by Crippen LogP contribution is -2.34. The Kier molecular flexibility index (Phi) is 8.45. The second-order valence-corrected chi connectivity index (χ2v) is 10.2. The highest BCUT2D eigenvalue weighted by molar-refractivity contribution is 5.82. The van der Waals surface area contributed by atoms with E-state index in [1.165, 1.54) is 19.3 Å². The molecule has 1 aliphatic carbocycles.